The van der Waals surface area contributed by atoms with E-state index >= 15 is 0 Å². The van der Waals surface area contributed by atoms with Gasteiger partial charge in [0, 0.05) is 25.0 Å². The van der Waals surface area contributed by atoms with Crippen molar-refractivity contribution >= 4 is 27.6 Å². The number of carbonyl (C=O) groups excluding carboxylic acids is 3. The lowest BCUT2D eigenvalue weighted by Gasteiger charge is -2.34. The minimum absolute atomic E-state index is 0.00548. The molecular weight excluding hydrogens is 622 g/mol. The Morgan fingerprint density at radius 2 is 1.61 bits per heavy atom. The number of nitrogens with one attached hydrogen (secondary N) is 3. The lowest BCUT2D eigenvalue weighted by molar-refractivity contribution is -0.136. The zero-order valence-electron chi connectivity index (χ0n) is 26.9. The summed E-state index contributed by atoms with van der Waals surface area (Å²) in [6, 6.07) is 2.37. The summed E-state index contributed by atoms with van der Waals surface area (Å²) in [6.45, 7) is 9.19. The van der Waals surface area contributed by atoms with Crippen molar-refractivity contribution in [2.24, 2.45) is 17.8 Å². The van der Waals surface area contributed by atoms with Crippen LogP contribution in [0.5, 0.6) is 0 Å². The molecule has 46 heavy (non-hydrogen) atoms. The Hall–Kier alpha value is -3.49. The molecule has 0 aliphatic heterocycles. The molecule has 0 aliphatic carbocycles. The van der Waals surface area contributed by atoms with Crippen molar-refractivity contribution in [3.05, 3.63) is 65.5 Å². The number of benzene rings is 1. The van der Waals surface area contributed by atoms with Crippen molar-refractivity contribution < 1.29 is 41.8 Å². The number of halogens is 2. The highest BCUT2D eigenvalue weighted by Crippen LogP contribution is 2.22. The lowest BCUT2D eigenvalue weighted by atomic mass is 9.83. The lowest BCUT2D eigenvalue weighted by Crippen LogP contribution is -2.59. The summed E-state index contributed by atoms with van der Waals surface area (Å²) in [6.07, 6.45) is -0.490. The predicted octanol–water partition coefficient (Wildman–Crippen LogP) is 2.17. The van der Waals surface area contributed by atoms with E-state index in [1.807, 2.05) is 13.8 Å². The highest BCUT2D eigenvalue weighted by molar-refractivity contribution is 7.91. The molecule has 0 spiro atoms. The Kier molecular flexibility index (Phi) is 15.1. The highest BCUT2D eigenvalue weighted by Gasteiger charge is 2.40. The summed E-state index contributed by atoms with van der Waals surface area (Å²) in [5, 5.41) is 30.3. The second-order valence-electron chi connectivity index (χ2n) is 12.2. The van der Waals surface area contributed by atoms with E-state index in [9.17, 15) is 41.8 Å². The van der Waals surface area contributed by atoms with Crippen LogP contribution in [-0.4, -0.2) is 83.7 Å². The molecule has 1 aromatic carbocycles. The van der Waals surface area contributed by atoms with Gasteiger partial charge in [0.15, 0.2) is 9.84 Å². The number of aromatic nitrogens is 1. The molecule has 0 bridgehead atoms. The van der Waals surface area contributed by atoms with E-state index in [4.69, 9.17) is 0 Å². The number of aliphatic hydroxyl groups is 2. The molecule has 1 unspecified atom stereocenters. The normalized spacial score (nSPS) is 15.1. The summed E-state index contributed by atoms with van der Waals surface area (Å²) in [4.78, 5) is 43.6. The molecule has 2 rings (SSSR count). The Morgan fingerprint density at radius 3 is 2.15 bits per heavy atom. The molecule has 5 N–H and O–H groups in total. The average Bonchev–Trinajstić information content (AvgIpc) is 2.97. The fraction of sp³-hybridized carbons (Fsp3) is 0.562. The van der Waals surface area contributed by atoms with Gasteiger partial charge >= 0.3 is 0 Å². The summed E-state index contributed by atoms with van der Waals surface area (Å²) in [5.41, 5.74) is 0.0617. The van der Waals surface area contributed by atoms with Gasteiger partial charge in [0.25, 0.3) is 5.91 Å². The number of unbranched alkanes of at least 4 members (excludes halogenated alkanes) is 1. The quantitative estimate of drug-likeness (QED) is 0.161. The number of carbonyl (C=O) groups is 3. The van der Waals surface area contributed by atoms with Crippen molar-refractivity contribution in [1.29, 1.82) is 0 Å². The Balaban J connectivity index is 2.48. The molecule has 0 saturated carbocycles. The zero-order chi connectivity index (χ0) is 34.6. The summed E-state index contributed by atoms with van der Waals surface area (Å²) < 4.78 is 54.0. The van der Waals surface area contributed by atoms with Crippen LogP contribution in [0.25, 0.3) is 0 Å². The molecule has 5 atom stereocenters. The first-order valence-corrected chi connectivity index (χ1v) is 17.2. The number of hydrogen-bond acceptors (Lipinski definition) is 8. The van der Waals surface area contributed by atoms with Crippen LogP contribution in [0, 0.1) is 29.4 Å². The molecule has 3 amide bonds. The Morgan fingerprint density at radius 1 is 0.957 bits per heavy atom. The van der Waals surface area contributed by atoms with E-state index in [1.54, 1.807) is 20.8 Å². The maximum atomic E-state index is 14.1. The molecule has 0 fully saturated rings. The first-order valence-electron chi connectivity index (χ1n) is 15.3. The number of aliphatic hydroxyl groups excluding tert-OH is 2. The topological polar surface area (TPSA) is 175 Å². The molecule has 0 aliphatic rings. The minimum atomic E-state index is -3.86. The minimum Gasteiger partial charge on any atom is -0.390 e. The maximum absolute atomic E-state index is 14.1. The van der Waals surface area contributed by atoms with Gasteiger partial charge in [-0.05, 0) is 54.5 Å². The van der Waals surface area contributed by atoms with Crippen molar-refractivity contribution in [3.63, 3.8) is 0 Å². The van der Waals surface area contributed by atoms with E-state index in [0.29, 0.717) is 25.5 Å². The van der Waals surface area contributed by atoms with E-state index in [0.717, 1.165) is 12.1 Å². The number of rotatable bonds is 18. The largest absolute Gasteiger partial charge is 0.390 e. The van der Waals surface area contributed by atoms with E-state index in [2.05, 4.69) is 20.9 Å². The van der Waals surface area contributed by atoms with Crippen LogP contribution in [0.1, 0.15) is 63.4 Å². The van der Waals surface area contributed by atoms with Gasteiger partial charge in [0.2, 0.25) is 11.8 Å². The molecule has 1 heterocycles. The van der Waals surface area contributed by atoms with Gasteiger partial charge in [-0.2, -0.15) is 0 Å². The fourth-order valence-electron chi connectivity index (χ4n) is 4.87. The zero-order valence-corrected chi connectivity index (χ0v) is 27.7. The average molecular weight is 669 g/mol. The third-order valence-electron chi connectivity index (χ3n) is 7.32. The molecule has 0 saturated heterocycles. The molecule has 2 aromatic rings. The maximum Gasteiger partial charge on any atom is 0.253 e. The molecule has 256 valence electrons. The van der Waals surface area contributed by atoms with Gasteiger partial charge in [-0.15, -0.1) is 0 Å². The van der Waals surface area contributed by atoms with Crippen LogP contribution in [-0.2, 0) is 25.8 Å². The van der Waals surface area contributed by atoms with Crippen molar-refractivity contribution in [3.8, 4) is 0 Å². The van der Waals surface area contributed by atoms with Crippen LogP contribution in [0.3, 0.4) is 0 Å². The number of hydrogen-bond donors (Lipinski definition) is 5. The van der Waals surface area contributed by atoms with E-state index in [-0.39, 0.29) is 22.8 Å². The van der Waals surface area contributed by atoms with Crippen molar-refractivity contribution in [2.45, 2.75) is 78.2 Å². The number of sulfone groups is 1. The standard InChI is InChI=1S/C32H46F2N4O7S/c1-6-7-11-46(44,45)18-26(38-30(41)22-9-8-10-35-17-22)31(42)37-25(14-21-12-23(33)15-24(34)13-21)28(39)29(40)27(20(4)5)32(43)36-16-19(2)3/h8-10,12-13,15,17,19-20,25-29,39-40H,6-7,11,14,16,18H2,1-5H3,(H,36,43)(H,37,42)(H,38,41)/t25-,26?,27+,28+,29+/m0/s1. The van der Waals surface area contributed by atoms with Crippen LogP contribution in [0.4, 0.5) is 8.78 Å². The molecule has 1 aromatic heterocycles. The first-order chi connectivity index (χ1) is 21.5. The Bertz CT molecular complexity index is 1390. The van der Waals surface area contributed by atoms with Crippen LogP contribution >= 0.6 is 0 Å². The second-order valence-corrected chi connectivity index (χ2v) is 14.5. The summed E-state index contributed by atoms with van der Waals surface area (Å²) >= 11 is 0. The van der Waals surface area contributed by atoms with Crippen molar-refractivity contribution in [2.75, 3.05) is 18.1 Å². The van der Waals surface area contributed by atoms with E-state index in [1.165, 1.54) is 24.5 Å². The molecule has 0 radical (unpaired) electrons. The van der Waals surface area contributed by atoms with Gasteiger partial charge < -0.3 is 26.2 Å². The SMILES string of the molecule is CCCCS(=O)(=O)CC(NC(=O)c1cccnc1)C(=O)N[C@@H](Cc1cc(F)cc(F)c1)[C@@H](O)[C@H](O)[C@H](C(=O)NCC(C)C)C(C)C. The predicted molar refractivity (Wildman–Crippen MR) is 169 cm³/mol. The third kappa shape index (κ3) is 12.4. The molecular formula is C32H46F2N4O7S. The third-order valence-corrected chi connectivity index (χ3v) is 9.07. The van der Waals surface area contributed by atoms with Crippen LogP contribution in [0.15, 0.2) is 42.7 Å². The fourth-order valence-corrected chi connectivity index (χ4v) is 6.51. The van der Waals surface area contributed by atoms with Crippen LogP contribution < -0.4 is 16.0 Å². The monoisotopic (exact) mass is 668 g/mol. The van der Waals surface area contributed by atoms with Gasteiger partial charge in [0.1, 0.15) is 23.8 Å². The van der Waals surface area contributed by atoms with Gasteiger partial charge in [-0.3, -0.25) is 19.4 Å². The van der Waals surface area contributed by atoms with Gasteiger partial charge in [-0.25, -0.2) is 17.2 Å². The molecule has 11 nitrogen and oxygen atoms in total. The highest BCUT2D eigenvalue weighted by atomic mass is 32.2. The number of amides is 3. The number of pyridine rings is 1. The molecule has 14 heteroatoms. The van der Waals surface area contributed by atoms with Gasteiger partial charge in [-0.1, -0.05) is 41.0 Å². The van der Waals surface area contributed by atoms with Gasteiger partial charge in [0.05, 0.1) is 35.1 Å². The smallest absolute Gasteiger partial charge is 0.253 e. The van der Waals surface area contributed by atoms with Crippen molar-refractivity contribution in [1.82, 2.24) is 20.9 Å². The van der Waals surface area contributed by atoms with E-state index < -0.39 is 87.5 Å². The summed E-state index contributed by atoms with van der Waals surface area (Å²) in [7, 11) is -3.86. The number of nitrogens with zero attached hydrogens (tertiary/aromatic N) is 1. The summed E-state index contributed by atoms with van der Waals surface area (Å²) in [5.74, 6) is -6.76. The first kappa shape index (κ1) is 38.7. The second kappa shape index (κ2) is 18.0. The van der Waals surface area contributed by atoms with Crippen LogP contribution in [0.2, 0.25) is 0 Å². The Labute approximate surface area is 269 Å².